The van der Waals surface area contributed by atoms with Crippen molar-refractivity contribution in [2.24, 2.45) is 5.73 Å². The lowest BCUT2D eigenvalue weighted by molar-refractivity contribution is -0.139. The van der Waals surface area contributed by atoms with Crippen LogP contribution < -0.4 is 10.6 Å². The molecule has 1 aliphatic heterocycles. The van der Waals surface area contributed by atoms with E-state index in [1.54, 1.807) is 6.07 Å². The number of rotatable bonds is 4. The van der Waals surface area contributed by atoms with Crippen molar-refractivity contribution in [1.29, 1.82) is 0 Å². The van der Waals surface area contributed by atoms with Crippen LogP contribution in [0.5, 0.6) is 0 Å². The normalized spacial score (nSPS) is 17.9. The molecular formula is C15H20N2O3. The Morgan fingerprint density at radius 3 is 2.65 bits per heavy atom. The number of amides is 1. The van der Waals surface area contributed by atoms with Crippen LogP contribution in [0.4, 0.5) is 5.69 Å². The highest BCUT2D eigenvalue weighted by molar-refractivity contribution is 6.01. The van der Waals surface area contributed by atoms with Crippen LogP contribution in [0, 0.1) is 0 Å². The summed E-state index contributed by atoms with van der Waals surface area (Å²) < 4.78 is 0. The van der Waals surface area contributed by atoms with E-state index in [-0.39, 0.29) is 12.3 Å². The predicted molar refractivity (Wildman–Crippen MR) is 76.6 cm³/mol. The maximum Gasteiger partial charge on any atom is 0.327 e. The lowest BCUT2D eigenvalue weighted by Crippen LogP contribution is -2.44. The molecule has 5 nitrogen and oxygen atoms in total. The number of nitrogens with two attached hydrogens (primary N) is 1. The number of benzene rings is 1. The van der Waals surface area contributed by atoms with Gasteiger partial charge in [0.2, 0.25) is 5.91 Å². The van der Waals surface area contributed by atoms with E-state index in [4.69, 9.17) is 5.73 Å². The molecule has 0 aromatic heterocycles. The van der Waals surface area contributed by atoms with Gasteiger partial charge in [-0.05, 0) is 31.9 Å². The van der Waals surface area contributed by atoms with E-state index < -0.39 is 17.6 Å². The molecule has 0 fully saturated rings. The molecule has 20 heavy (non-hydrogen) atoms. The van der Waals surface area contributed by atoms with Crippen LogP contribution in [-0.4, -0.2) is 28.6 Å². The highest BCUT2D eigenvalue weighted by Gasteiger charge is 2.38. The van der Waals surface area contributed by atoms with Crippen molar-refractivity contribution in [2.75, 3.05) is 4.90 Å². The fourth-order valence-corrected chi connectivity index (χ4v) is 2.44. The molecule has 1 aromatic rings. The summed E-state index contributed by atoms with van der Waals surface area (Å²) in [5.41, 5.74) is 7.06. The molecule has 1 atom stereocenters. The predicted octanol–water partition coefficient (Wildman–Crippen LogP) is 1.55. The Hall–Kier alpha value is -1.88. The van der Waals surface area contributed by atoms with Gasteiger partial charge in [-0.1, -0.05) is 18.2 Å². The van der Waals surface area contributed by atoms with Gasteiger partial charge in [-0.3, -0.25) is 9.69 Å². The van der Waals surface area contributed by atoms with Gasteiger partial charge in [0.15, 0.2) is 0 Å². The Bertz CT molecular complexity index is 534. The van der Waals surface area contributed by atoms with E-state index in [9.17, 15) is 14.7 Å². The second-order valence-electron chi connectivity index (χ2n) is 5.94. The molecular weight excluding hydrogens is 256 g/mol. The Morgan fingerprint density at radius 2 is 2.05 bits per heavy atom. The van der Waals surface area contributed by atoms with Crippen molar-refractivity contribution in [1.82, 2.24) is 0 Å². The lowest BCUT2D eigenvalue weighted by Gasteiger charge is -2.25. The van der Waals surface area contributed by atoms with Gasteiger partial charge in [-0.15, -0.1) is 0 Å². The minimum atomic E-state index is -0.971. The standard InChI is InChI=1S/C15H20N2O3/c1-15(2,16)8-7-13(18)17-11-6-4-3-5-10(11)9-12(17)14(19)20/h3-6,12H,7-9,16H2,1-2H3,(H,19,20)/t12-/m0/s1. The maximum atomic E-state index is 12.4. The van der Waals surface area contributed by atoms with Gasteiger partial charge in [0.1, 0.15) is 6.04 Å². The van der Waals surface area contributed by atoms with Crippen molar-refractivity contribution in [2.45, 2.75) is 44.7 Å². The van der Waals surface area contributed by atoms with Crippen LogP contribution >= 0.6 is 0 Å². The minimum Gasteiger partial charge on any atom is -0.480 e. The quantitative estimate of drug-likeness (QED) is 0.874. The number of hydrogen-bond acceptors (Lipinski definition) is 3. The van der Waals surface area contributed by atoms with Crippen molar-refractivity contribution < 1.29 is 14.7 Å². The number of carbonyl (C=O) groups is 2. The molecule has 3 N–H and O–H groups in total. The number of hydrogen-bond donors (Lipinski definition) is 2. The molecule has 1 aliphatic rings. The molecule has 1 heterocycles. The van der Waals surface area contributed by atoms with Crippen molar-refractivity contribution in [3.8, 4) is 0 Å². The molecule has 0 bridgehead atoms. The molecule has 1 amide bonds. The third-order valence-corrected chi connectivity index (χ3v) is 3.51. The number of carboxylic acid groups (broad SMARTS) is 1. The summed E-state index contributed by atoms with van der Waals surface area (Å²) in [6.45, 7) is 3.71. The SMILES string of the molecule is CC(C)(N)CCC(=O)N1c2ccccc2C[C@H]1C(=O)O. The van der Waals surface area contributed by atoms with Crippen LogP contribution in [0.1, 0.15) is 32.3 Å². The first-order chi connectivity index (χ1) is 9.29. The van der Waals surface area contributed by atoms with E-state index in [1.165, 1.54) is 4.90 Å². The number of carbonyl (C=O) groups excluding carboxylic acids is 1. The Morgan fingerprint density at radius 1 is 1.40 bits per heavy atom. The summed E-state index contributed by atoms with van der Waals surface area (Å²) in [4.78, 5) is 25.2. The molecule has 0 spiro atoms. The maximum absolute atomic E-state index is 12.4. The monoisotopic (exact) mass is 276 g/mol. The first kappa shape index (κ1) is 14.5. The molecule has 0 unspecified atom stereocenters. The summed E-state index contributed by atoms with van der Waals surface area (Å²) >= 11 is 0. The molecule has 2 rings (SSSR count). The summed E-state index contributed by atoms with van der Waals surface area (Å²) in [5, 5.41) is 9.31. The number of aliphatic carboxylic acids is 1. The fraction of sp³-hybridized carbons (Fsp3) is 0.467. The smallest absolute Gasteiger partial charge is 0.327 e. The van der Waals surface area contributed by atoms with Crippen molar-refractivity contribution in [3.63, 3.8) is 0 Å². The average Bonchev–Trinajstić information content (AvgIpc) is 2.74. The highest BCUT2D eigenvalue weighted by atomic mass is 16.4. The van der Waals surface area contributed by atoms with Crippen LogP contribution in [-0.2, 0) is 16.0 Å². The van der Waals surface area contributed by atoms with Gasteiger partial charge in [-0.25, -0.2) is 4.79 Å². The number of carboxylic acids is 1. The van der Waals surface area contributed by atoms with Gasteiger partial charge in [0.25, 0.3) is 0 Å². The van der Waals surface area contributed by atoms with Gasteiger partial charge in [-0.2, -0.15) is 0 Å². The van der Waals surface area contributed by atoms with Crippen LogP contribution in [0.3, 0.4) is 0 Å². The van der Waals surface area contributed by atoms with Gasteiger partial charge >= 0.3 is 5.97 Å². The topological polar surface area (TPSA) is 83.6 Å². The first-order valence-corrected chi connectivity index (χ1v) is 6.71. The summed E-state index contributed by atoms with van der Waals surface area (Å²) in [5.74, 6) is -1.15. The van der Waals surface area contributed by atoms with Crippen LogP contribution in [0.15, 0.2) is 24.3 Å². The zero-order valence-corrected chi connectivity index (χ0v) is 11.8. The van der Waals surface area contributed by atoms with E-state index >= 15 is 0 Å². The first-order valence-electron chi connectivity index (χ1n) is 6.71. The fourth-order valence-electron chi connectivity index (χ4n) is 2.44. The Balaban J connectivity index is 2.22. The summed E-state index contributed by atoms with van der Waals surface area (Å²) in [7, 11) is 0. The van der Waals surface area contributed by atoms with E-state index in [1.807, 2.05) is 32.0 Å². The van der Waals surface area contributed by atoms with Crippen LogP contribution in [0.2, 0.25) is 0 Å². The minimum absolute atomic E-state index is 0.180. The average molecular weight is 276 g/mol. The Labute approximate surface area is 118 Å². The van der Waals surface area contributed by atoms with Crippen molar-refractivity contribution in [3.05, 3.63) is 29.8 Å². The van der Waals surface area contributed by atoms with E-state index in [0.29, 0.717) is 18.5 Å². The largest absolute Gasteiger partial charge is 0.480 e. The van der Waals surface area contributed by atoms with Crippen LogP contribution in [0.25, 0.3) is 0 Å². The highest BCUT2D eigenvalue weighted by Crippen LogP contribution is 2.33. The molecule has 0 aliphatic carbocycles. The zero-order chi connectivity index (χ0) is 14.9. The number of fused-ring (bicyclic) bond motifs is 1. The number of nitrogens with zero attached hydrogens (tertiary/aromatic N) is 1. The second-order valence-corrected chi connectivity index (χ2v) is 5.94. The van der Waals surface area contributed by atoms with E-state index in [2.05, 4.69) is 0 Å². The third kappa shape index (κ3) is 2.99. The molecule has 108 valence electrons. The third-order valence-electron chi connectivity index (χ3n) is 3.51. The van der Waals surface area contributed by atoms with Crippen molar-refractivity contribution >= 4 is 17.6 Å². The molecule has 0 saturated heterocycles. The summed E-state index contributed by atoms with van der Waals surface area (Å²) in [6, 6.07) is 6.53. The lowest BCUT2D eigenvalue weighted by atomic mass is 9.99. The van der Waals surface area contributed by atoms with Gasteiger partial charge < -0.3 is 10.8 Å². The molecule has 0 radical (unpaired) electrons. The van der Waals surface area contributed by atoms with Gasteiger partial charge in [0, 0.05) is 24.1 Å². The number of para-hydroxylation sites is 1. The van der Waals surface area contributed by atoms with E-state index in [0.717, 1.165) is 5.56 Å². The number of anilines is 1. The van der Waals surface area contributed by atoms with Gasteiger partial charge in [0.05, 0.1) is 0 Å². The molecule has 1 aromatic carbocycles. The Kier molecular flexibility index (Phi) is 3.81. The zero-order valence-electron chi connectivity index (χ0n) is 11.8. The second kappa shape index (κ2) is 5.25. The summed E-state index contributed by atoms with van der Waals surface area (Å²) in [6.07, 6.45) is 1.14. The molecule has 5 heteroatoms. The molecule has 0 saturated carbocycles.